The first-order valence-corrected chi connectivity index (χ1v) is 6.67. The zero-order valence-electron chi connectivity index (χ0n) is 9.85. The van der Waals surface area contributed by atoms with Gasteiger partial charge in [0.1, 0.15) is 5.82 Å². The van der Waals surface area contributed by atoms with Gasteiger partial charge in [-0.3, -0.25) is 0 Å². The molecule has 0 bridgehead atoms. The molecule has 0 amide bonds. The highest BCUT2D eigenvalue weighted by molar-refractivity contribution is 9.10. The maximum Gasteiger partial charge on any atom is 0.161 e. The highest BCUT2D eigenvalue weighted by Gasteiger charge is 2.20. The molecule has 19 heavy (non-hydrogen) atoms. The van der Waals surface area contributed by atoms with E-state index < -0.39 is 22.8 Å². The first-order valence-electron chi connectivity index (χ1n) is 5.44. The minimum Gasteiger partial charge on any atom is -0.207 e. The van der Waals surface area contributed by atoms with Crippen LogP contribution in [0.4, 0.5) is 13.2 Å². The lowest BCUT2D eigenvalue weighted by Crippen LogP contribution is -2.01. The lowest BCUT2D eigenvalue weighted by molar-refractivity contribution is 0.490. The molecule has 1 atom stereocenters. The quantitative estimate of drug-likeness (QED) is 0.496. The van der Waals surface area contributed by atoms with Crippen molar-refractivity contribution in [2.24, 2.45) is 0 Å². The molecule has 0 aromatic heterocycles. The van der Waals surface area contributed by atoms with Gasteiger partial charge in [0.05, 0.1) is 5.38 Å². The van der Waals surface area contributed by atoms with Crippen molar-refractivity contribution in [3.8, 4) is 0 Å². The van der Waals surface area contributed by atoms with E-state index in [-0.39, 0.29) is 5.56 Å². The Morgan fingerprint density at radius 1 is 0.947 bits per heavy atom. The van der Waals surface area contributed by atoms with Crippen LogP contribution in [0.2, 0.25) is 0 Å². The average molecular weight is 350 g/mol. The second kappa shape index (κ2) is 5.55. The van der Waals surface area contributed by atoms with Gasteiger partial charge in [-0.15, -0.1) is 11.6 Å². The van der Waals surface area contributed by atoms with E-state index in [1.807, 2.05) is 13.0 Å². The summed E-state index contributed by atoms with van der Waals surface area (Å²) in [6.45, 7) is 1.86. The molecule has 1 unspecified atom stereocenters. The van der Waals surface area contributed by atoms with E-state index in [1.54, 1.807) is 12.1 Å². The Balaban J connectivity index is 2.52. The molecule has 0 radical (unpaired) electrons. The van der Waals surface area contributed by atoms with E-state index in [4.69, 9.17) is 11.6 Å². The minimum atomic E-state index is -1.23. The third-order valence-corrected chi connectivity index (χ3v) is 3.93. The van der Waals surface area contributed by atoms with Crippen molar-refractivity contribution < 1.29 is 13.2 Å². The van der Waals surface area contributed by atoms with Crippen molar-refractivity contribution in [3.05, 3.63) is 68.9 Å². The van der Waals surface area contributed by atoms with Crippen molar-refractivity contribution in [1.82, 2.24) is 0 Å². The first kappa shape index (κ1) is 14.4. The number of hydrogen-bond donors (Lipinski definition) is 0. The summed E-state index contributed by atoms with van der Waals surface area (Å²) >= 11 is 9.49. The van der Waals surface area contributed by atoms with Crippen LogP contribution in [0.25, 0.3) is 0 Å². The zero-order valence-corrected chi connectivity index (χ0v) is 12.2. The van der Waals surface area contributed by atoms with Gasteiger partial charge in [-0.05, 0) is 24.6 Å². The van der Waals surface area contributed by atoms with Gasteiger partial charge in [0.15, 0.2) is 11.6 Å². The van der Waals surface area contributed by atoms with E-state index in [2.05, 4.69) is 15.9 Å². The van der Waals surface area contributed by atoms with Crippen LogP contribution >= 0.6 is 27.5 Å². The molecule has 0 heterocycles. The number of aryl methyl sites for hydroxylation is 1. The molecule has 2 aromatic carbocycles. The van der Waals surface area contributed by atoms with E-state index in [1.165, 1.54) is 0 Å². The van der Waals surface area contributed by atoms with Crippen LogP contribution in [0, 0.1) is 24.4 Å². The average Bonchev–Trinajstić information content (AvgIpc) is 2.36. The fourth-order valence-corrected chi connectivity index (χ4v) is 2.71. The zero-order chi connectivity index (χ0) is 14.2. The molecule has 100 valence electrons. The summed E-state index contributed by atoms with van der Waals surface area (Å²) in [6.07, 6.45) is 0. The predicted octanol–water partition coefficient (Wildman–Crippen LogP) is 5.50. The van der Waals surface area contributed by atoms with Crippen molar-refractivity contribution in [3.63, 3.8) is 0 Å². The number of alkyl halides is 1. The topological polar surface area (TPSA) is 0 Å². The van der Waals surface area contributed by atoms with E-state index in [9.17, 15) is 13.2 Å². The number of halogens is 5. The van der Waals surface area contributed by atoms with Gasteiger partial charge in [0.25, 0.3) is 0 Å². The summed E-state index contributed by atoms with van der Waals surface area (Å²) in [4.78, 5) is 0. The molecule has 0 aliphatic heterocycles. The molecule has 0 saturated heterocycles. The highest BCUT2D eigenvalue weighted by atomic mass is 79.9. The highest BCUT2D eigenvalue weighted by Crippen LogP contribution is 2.36. The standard InChI is InChI=1S/C14H9BrClF3/c1-7-2-3-10(15)8(4-7)14(16)9-5-12(18)13(19)6-11(9)17/h2-6,14H,1H3. The van der Waals surface area contributed by atoms with Gasteiger partial charge < -0.3 is 0 Å². The molecule has 5 heteroatoms. The van der Waals surface area contributed by atoms with Crippen LogP contribution in [0.3, 0.4) is 0 Å². The molecule has 0 N–H and O–H groups in total. The summed E-state index contributed by atoms with van der Waals surface area (Å²) in [5.74, 6) is -3.22. The molecule has 2 aromatic rings. The van der Waals surface area contributed by atoms with Gasteiger partial charge >= 0.3 is 0 Å². The monoisotopic (exact) mass is 348 g/mol. The molecule has 0 saturated carbocycles. The van der Waals surface area contributed by atoms with Crippen molar-refractivity contribution in [1.29, 1.82) is 0 Å². The number of benzene rings is 2. The molecule has 0 spiro atoms. The Morgan fingerprint density at radius 2 is 1.58 bits per heavy atom. The van der Waals surface area contributed by atoms with Gasteiger partial charge in [-0.2, -0.15) is 0 Å². The lowest BCUT2D eigenvalue weighted by atomic mass is 10.0. The van der Waals surface area contributed by atoms with Crippen LogP contribution in [0.5, 0.6) is 0 Å². The minimum absolute atomic E-state index is 0.0909. The SMILES string of the molecule is Cc1ccc(Br)c(C(Cl)c2cc(F)c(F)cc2F)c1. The van der Waals surface area contributed by atoms with Crippen molar-refractivity contribution in [2.45, 2.75) is 12.3 Å². The maximum absolute atomic E-state index is 13.7. The Bertz CT molecular complexity index is 628. The van der Waals surface area contributed by atoms with Crippen LogP contribution < -0.4 is 0 Å². The van der Waals surface area contributed by atoms with Crippen LogP contribution in [0.15, 0.2) is 34.8 Å². The lowest BCUT2D eigenvalue weighted by Gasteiger charge is -2.14. The van der Waals surface area contributed by atoms with E-state index in [0.29, 0.717) is 16.1 Å². The second-order valence-corrected chi connectivity index (χ2v) is 5.47. The van der Waals surface area contributed by atoms with E-state index >= 15 is 0 Å². The molecular formula is C14H9BrClF3. The molecule has 0 fully saturated rings. The molecule has 0 aliphatic carbocycles. The number of rotatable bonds is 2. The second-order valence-electron chi connectivity index (χ2n) is 4.18. The third-order valence-electron chi connectivity index (χ3n) is 2.74. The fraction of sp³-hybridized carbons (Fsp3) is 0.143. The molecule has 0 nitrogen and oxygen atoms in total. The van der Waals surface area contributed by atoms with Crippen molar-refractivity contribution >= 4 is 27.5 Å². The van der Waals surface area contributed by atoms with E-state index in [0.717, 1.165) is 11.6 Å². The van der Waals surface area contributed by atoms with Crippen LogP contribution in [-0.4, -0.2) is 0 Å². The largest absolute Gasteiger partial charge is 0.207 e. The maximum atomic E-state index is 13.7. The Morgan fingerprint density at radius 3 is 2.26 bits per heavy atom. The Labute approximate surface area is 122 Å². The van der Waals surface area contributed by atoms with Gasteiger partial charge in [-0.25, -0.2) is 13.2 Å². The number of hydrogen-bond acceptors (Lipinski definition) is 0. The van der Waals surface area contributed by atoms with Crippen molar-refractivity contribution in [2.75, 3.05) is 0 Å². The summed E-state index contributed by atoms with van der Waals surface area (Å²) in [6, 6.07) is 6.69. The van der Waals surface area contributed by atoms with Gasteiger partial charge in [-0.1, -0.05) is 33.6 Å². The Hall–Kier alpha value is -1.00. The predicted molar refractivity (Wildman–Crippen MR) is 72.9 cm³/mol. The first-order chi connectivity index (χ1) is 8.90. The van der Waals surface area contributed by atoms with Gasteiger partial charge in [0, 0.05) is 16.1 Å². The molecule has 2 rings (SSSR count). The summed E-state index contributed by atoms with van der Waals surface area (Å²) < 4.78 is 40.5. The third kappa shape index (κ3) is 2.95. The smallest absolute Gasteiger partial charge is 0.161 e. The van der Waals surface area contributed by atoms with Crippen LogP contribution in [0.1, 0.15) is 22.1 Å². The Kier molecular flexibility index (Phi) is 4.21. The van der Waals surface area contributed by atoms with Gasteiger partial charge in [0.2, 0.25) is 0 Å². The summed E-state index contributed by atoms with van der Waals surface area (Å²) in [5, 5.41) is -0.899. The fourth-order valence-electron chi connectivity index (χ4n) is 1.76. The summed E-state index contributed by atoms with van der Waals surface area (Å²) in [5.41, 5.74) is 1.45. The normalized spacial score (nSPS) is 12.5. The van der Waals surface area contributed by atoms with Crippen LogP contribution in [-0.2, 0) is 0 Å². The molecule has 0 aliphatic rings. The molecular weight excluding hydrogens is 341 g/mol. The summed E-state index contributed by atoms with van der Waals surface area (Å²) in [7, 11) is 0.